The van der Waals surface area contributed by atoms with Gasteiger partial charge < -0.3 is 10.0 Å². The lowest BCUT2D eigenvalue weighted by Crippen LogP contribution is -2.45. The van der Waals surface area contributed by atoms with Crippen molar-refractivity contribution in [2.45, 2.75) is 44.8 Å². The van der Waals surface area contributed by atoms with E-state index in [0.717, 1.165) is 17.7 Å². The molecule has 1 N–H and O–H groups in total. The van der Waals surface area contributed by atoms with Gasteiger partial charge in [0, 0.05) is 19.1 Å². The molecule has 1 aliphatic carbocycles. The van der Waals surface area contributed by atoms with Crippen LogP contribution in [0.1, 0.15) is 32.6 Å². The van der Waals surface area contributed by atoms with Crippen LogP contribution in [-0.4, -0.2) is 41.3 Å². The van der Waals surface area contributed by atoms with Crippen molar-refractivity contribution >= 4 is 5.91 Å². The summed E-state index contributed by atoms with van der Waals surface area (Å²) >= 11 is 0. The lowest BCUT2D eigenvalue weighted by Gasteiger charge is -2.30. The van der Waals surface area contributed by atoms with Crippen LogP contribution in [0.25, 0.3) is 0 Å². The van der Waals surface area contributed by atoms with Gasteiger partial charge in [0.05, 0.1) is 0 Å². The normalized spacial score (nSPS) is 17.9. The monoisotopic (exact) mass is 253 g/mol. The first-order valence-electron chi connectivity index (χ1n) is 5.82. The highest BCUT2D eigenvalue weighted by molar-refractivity contribution is 5.76. The first kappa shape index (κ1) is 14.3. The van der Waals surface area contributed by atoms with E-state index in [1.807, 2.05) is 0 Å². The largest absolute Gasteiger partial charge is 0.406 e. The number of rotatable bonds is 6. The Bertz CT molecular complexity index is 264. The minimum absolute atomic E-state index is 0.0242. The molecule has 1 fully saturated rings. The molecule has 100 valence electrons. The van der Waals surface area contributed by atoms with Gasteiger partial charge in [-0.1, -0.05) is 0 Å². The van der Waals surface area contributed by atoms with Gasteiger partial charge in [0.15, 0.2) is 0 Å². The maximum atomic E-state index is 12.4. The van der Waals surface area contributed by atoms with Crippen LogP contribution in [0.4, 0.5) is 13.2 Å². The Kier molecular flexibility index (Phi) is 4.80. The van der Waals surface area contributed by atoms with Crippen molar-refractivity contribution in [2.75, 3.05) is 13.2 Å². The minimum atomic E-state index is -4.36. The van der Waals surface area contributed by atoms with Crippen molar-refractivity contribution in [2.24, 2.45) is 5.92 Å². The number of aliphatic hydroxyl groups is 1. The molecular formula is C11H18F3NO2. The zero-order valence-electron chi connectivity index (χ0n) is 9.83. The SMILES string of the molecule is CC(C1CC1)N(CC(F)(F)F)C(=O)CCCO. The van der Waals surface area contributed by atoms with Gasteiger partial charge in [0.1, 0.15) is 6.54 Å². The highest BCUT2D eigenvalue weighted by Gasteiger charge is 2.40. The van der Waals surface area contributed by atoms with Crippen LogP contribution < -0.4 is 0 Å². The number of aliphatic hydroxyl groups excluding tert-OH is 1. The van der Waals surface area contributed by atoms with Crippen molar-refractivity contribution in [1.82, 2.24) is 4.90 Å². The van der Waals surface area contributed by atoms with E-state index in [0.29, 0.717) is 0 Å². The van der Waals surface area contributed by atoms with Crippen molar-refractivity contribution in [3.8, 4) is 0 Å². The van der Waals surface area contributed by atoms with Crippen molar-refractivity contribution in [1.29, 1.82) is 0 Å². The van der Waals surface area contributed by atoms with Gasteiger partial charge in [0.2, 0.25) is 5.91 Å². The maximum absolute atomic E-state index is 12.4. The van der Waals surface area contributed by atoms with Crippen LogP contribution in [0.15, 0.2) is 0 Å². The quantitative estimate of drug-likeness (QED) is 0.786. The Balaban J connectivity index is 2.60. The highest BCUT2D eigenvalue weighted by Crippen LogP contribution is 2.36. The third kappa shape index (κ3) is 4.93. The number of carbonyl (C=O) groups is 1. The van der Waals surface area contributed by atoms with Crippen LogP contribution in [0, 0.1) is 5.92 Å². The fourth-order valence-electron chi connectivity index (χ4n) is 1.86. The van der Waals surface area contributed by atoms with Crippen LogP contribution in [0.2, 0.25) is 0 Å². The molecule has 1 amide bonds. The first-order chi connectivity index (χ1) is 7.85. The number of hydrogen-bond acceptors (Lipinski definition) is 2. The van der Waals surface area contributed by atoms with E-state index >= 15 is 0 Å². The third-order valence-electron chi connectivity index (χ3n) is 3.01. The number of nitrogens with zero attached hydrogens (tertiary/aromatic N) is 1. The van der Waals surface area contributed by atoms with Crippen LogP contribution in [0.3, 0.4) is 0 Å². The molecule has 0 aliphatic heterocycles. The molecule has 0 heterocycles. The lowest BCUT2D eigenvalue weighted by atomic mass is 10.1. The first-order valence-corrected chi connectivity index (χ1v) is 5.82. The third-order valence-corrected chi connectivity index (χ3v) is 3.01. The maximum Gasteiger partial charge on any atom is 0.406 e. The van der Waals surface area contributed by atoms with Crippen LogP contribution >= 0.6 is 0 Å². The summed E-state index contributed by atoms with van der Waals surface area (Å²) in [6.07, 6.45) is -2.39. The van der Waals surface area contributed by atoms with E-state index in [4.69, 9.17) is 5.11 Å². The molecule has 1 rings (SSSR count). The number of hydrogen-bond donors (Lipinski definition) is 1. The smallest absolute Gasteiger partial charge is 0.396 e. The standard InChI is InChI=1S/C11H18F3NO2/c1-8(9-4-5-9)15(7-11(12,13)14)10(17)3-2-6-16/h8-9,16H,2-7H2,1H3. The summed E-state index contributed by atoms with van der Waals surface area (Å²) in [6.45, 7) is 0.304. The second kappa shape index (κ2) is 5.71. The molecule has 0 bridgehead atoms. The summed E-state index contributed by atoms with van der Waals surface area (Å²) in [4.78, 5) is 12.6. The fourth-order valence-corrected chi connectivity index (χ4v) is 1.86. The molecule has 0 radical (unpaired) electrons. The van der Waals surface area contributed by atoms with E-state index in [2.05, 4.69) is 0 Å². The van der Waals surface area contributed by atoms with E-state index in [9.17, 15) is 18.0 Å². The van der Waals surface area contributed by atoms with Gasteiger partial charge in [0.25, 0.3) is 0 Å². The van der Waals surface area contributed by atoms with Gasteiger partial charge in [-0.15, -0.1) is 0 Å². The number of carbonyl (C=O) groups excluding carboxylic acids is 1. The molecule has 1 unspecified atom stereocenters. The molecule has 0 aromatic heterocycles. The summed E-state index contributed by atoms with van der Waals surface area (Å²) in [5.74, 6) is -0.314. The van der Waals surface area contributed by atoms with Crippen molar-refractivity contribution in [3.63, 3.8) is 0 Å². The average Bonchev–Trinajstić information content (AvgIpc) is 3.03. The summed E-state index contributed by atoms with van der Waals surface area (Å²) in [6, 6.07) is -0.359. The zero-order chi connectivity index (χ0) is 13.1. The van der Waals surface area contributed by atoms with E-state index in [1.165, 1.54) is 0 Å². The molecule has 6 heteroatoms. The number of alkyl halides is 3. The predicted octanol–water partition coefficient (Wildman–Crippen LogP) is 1.95. The van der Waals surface area contributed by atoms with E-state index in [1.54, 1.807) is 6.92 Å². The van der Waals surface area contributed by atoms with E-state index < -0.39 is 18.6 Å². The molecule has 1 atom stereocenters. The Labute approximate surface area is 98.6 Å². The van der Waals surface area contributed by atoms with Gasteiger partial charge in [-0.3, -0.25) is 4.79 Å². The number of amides is 1. The highest BCUT2D eigenvalue weighted by atomic mass is 19.4. The topological polar surface area (TPSA) is 40.5 Å². The molecule has 1 aliphatic rings. The molecule has 0 aromatic rings. The van der Waals surface area contributed by atoms with Crippen LogP contribution in [-0.2, 0) is 4.79 Å². The van der Waals surface area contributed by atoms with Gasteiger partial charge >= 0.3 is 6.18 Å². The van der Waals surface area contributed by atoms with Crippen molar-refractivity contribution in [3.05, 3.63) is 0 Å². The summed E-state index contributed by atoms with van der Waals surface area (Å²) in [5, 5.41) is 8.60. The predicted molar refractivity (Wildman–Crippen MR) is 56.3 cm³/mol. The molecule has 1 saturated carbocycles. The second-order valence-electron chi connectivity index (χ2n) is 4.54. The zero-order valence-corrected chi connectivity index (χ0v) is 9.83. The van der Waals surface area contributed by atoms with Crippen LogP contribution in [0.5, 0.6) is 0 Å². The molecule has 17 heavy (non-hydrogen) atoms. The lowest BCUT2D eigenvalue weighted by molar-refractivity contribution is -0.166. The number of halogens is 3. The molecule has 3 nitrogen and oxygen atoms in total. The van der Waals surface area contributed by atoms with Gasteiger partial charge in [-0.05, 0) is 32.1 Å². The van der Waals surface area contributed by atoms with E-state index in [-0.39, 0.29) is 31.4 Å². The Hall–Kier alpha value is -0.780. The molecule has 0 aromatic carbocycles. The minimum Gasteiger partial charge on any atom is -0.396 e. The average molecular weight is 253 g/mol. The van der Waals surface area contributed by atoms with Crippen molar-refractivity contribution < 1.29 is 23.1 Å². The van der Waals surface area contributed by atoms with Gasteiger partial charge in [-0.2, -0.15) is 13.2 Å². The molecule has 0 saturated heterocycles. The van der Waals surface area contributed by atoms with Gasteiger partial charge in [-0.25, -0.2) is 0 Å². The summed E-state index contributed by atoms with van der Waals surface area (Å²) in [7, 11) is 0. The fraction of sp³-hybridized carbons (Fsp3) is 0.909. The Morgan fingerprint density at radius 3 is 2.47 bits per heavy atom. The second-order valence-corrected chi connectivity index (χ2v) is 4.54. The Morgan fingerprint density at radius 2 is 2.06 bits per heavy atom. The summed E-state index contributed by atoms with van der Waals surface area (Å²) in [5.41, 5.74) is 0. The Morgan fingerprint density at radius 1 is 1.47 bits per heavy atom. The summed E-state index contributed by atoms with van der Waals surface area (Å²) < 4.78 is 37.2. The molecular weight excluding hydrogens is 235 g/mol. The molecule has 0 spiro atoms.